The van der Waals surface area contributed by atoms with Crippen LogP contribution in [0.2, 0.25) is 0 Å². The number of aryl methyl sites for hydroxylation is 1. The molecule has 1 heterocycles. The molecule has 8 nitrogen and oxygen atoms in total. The molecule has 0 aliphatic heterocycles. The van der Waals surface area contributed by atoms with Crippen LogP contribution in [0.1, 0.15) is 49.3 Å². The Balaban J connectivity index is 1.54. The fraction of sp³-hybridized carbons (Fsp3) is 0.308. The lowest BCUT2D eigenvalue weighted by molar-refractivity contribution is 0.168. The number of hydrogen-bond acceptors (Lipinski definition) is 6. The van der Waals surface area contributed by atoms with Crippen LogP contribution < -0.4 is 10.1 Å². The van der Waals surface area contributed by atoms with Crippen molar-refractivity contribution in [2.24, 2.45) is 0 Å². The average Bonchev–Trinajstić information content (AvgIpc) is 3.47. The summed E-state index contributed by atoms with van der Waals surface area (Å²) in [7, 11) is 0. The number of allylic oxidation sites excluding steroid dienone is 2. The Morgan fingerprint density at radius 2 is 2.12 bits per heavy atom. The first kappa shape index (κ1) is 23.1. The Labute approximate surface area is 198 Å². The van der Waals surface area contributed by atoms with Gasteiger partial charge in [-0.1, -0.05) is 19.1 Å². The van der Waals surface area contributed by atoms with Gasteiger partial charge in [-0.25, -0.2) is 9.78 Å². The number of ether oxygens (including phenoxy) is 2. The number of rotatable bonds is 9. The molecular formula is C26H27N5O3. The van der Waals surface area contributed by atoms with Crippen LogP contribution in [-0.4, -0.2) is 34.1 Å². The van der Waals surface area contributed by atoms with Gasteiger partial charge >= 0.3 is 6.09 Å². The number of nitriles is 1. The van der Waals surface area contributed by atoms with Crippen molar-refractivity contribution in [1.82, 2.24) is 14.8 Å². The van der Waals surface area contributed by atoms with Gasteiger partial charge in [0.1, 0.15) is 24.5 Å². The van der Waals surface area contributed by atoms with Gasteiger partial charge in [-0.05, 0) is 65.9 Å². The summed E-state index contributed by atoms with van der Waals surface area (Å²) in [5.41, 5.74) is 5.19. The van der Waals surface area contributed by atoms with Gasteiger partial charge in [0.2, 0.25) is 0 Å². The molecule has 0 spiro atoms. The van der Waals surface area contributed by atoms with Crippen LogP contribution in [0.3, 0.4) is 0 Å². The molecule has 0 bridgehead atoms. The number of carbonyl (C=O) groups is 1. The topological polar surface area (TPSA) is 102 Å². The zero-order valence-electron chi connectivity index (χ0n) is 19.3. The second-order valence-electron chi connectivity index (χ2n) is 7.90. The highest BCUT2D eigenvalue weighted by molar-refractivity contribution is 6.05. The summed E-state index contributed by atoms with van der Waals surface area (Å²) in [5.74, 6) is 0.841. The summed E-state index contributed by atoms with van der Waals surface area (Å²) in [6.07, 6.45) is 4.35. The predicted octanol–water partition coefficient (Wildman–Crippen LogP) is 5.26. The maximum Gasteiger partial charge on any atom is 0.411 e. The second kappa shape index (κ2) is 10.7. The molecule has 0 fully saturated rings. The van der Waals surface area contributed by atoms with Gasteiger partial charge in [-0.15, -0.1) is 0 Å². The van der Waals surface area contributed by atoms with E-state index in [2.05, 4.69) is 28.4 Å². The van der Waals surface area contributed by atoms with Gasteiger partial charge < -0.3 is 9.47 Å². The minimum Gasteiger partial charge on any atom is -0.494 e. The van der Waals surface area contributed by atoms with Crippen molar-refractivity contribution in [3.63, 3.8) is 0 Å². The largest absolute Gasteiger partial charge is 0.494 e. The van der Waals surface area contributed by atoms with E-state index in [4.69, 9.17) is 9.47 Å². The standard InChI is InChI=1S/C26H27N5O3/c1-3-21-23-14-20(34-12-6-11-31-17-28-16-29-31)9-10-22(23)24(15-27)25(21)18-7-5-8-19(13-18)30-26(32)33-4-2/h5,7-10,13-14,16-17,21H,3-4,6,11-12H2,1-2H3,(H,30,32). The summed E-state index contributed by atoms with van der Waals surface area (Å²) in [4.78, 5) is 15.8. The predicted molar refractivity (Wildman–Crippen MR) is 129 cm³/mol. The maximum absolute atomic E-state index is 11.9. The summed E-state index contributed by atoms with van der Waals surface area (Å²) in [6, 6.07) is 15.9. The summed E-state index contributed by atoms with van der Waals surface area (Å²) < 4.78 is 12.8. The van der Waals surface area contributed by atoms with E-state index in [1.807, 2.05) is 36.4 Å². The number of aromatic nitrogens is 3. The molecule has 0 saturated heterocycles. The maximum atomic E-state index is 11.9. The zero-order chi connectivity index (χ0) is 23.9. The van der Waals surface area contributed by atoms with E-state index in [9.17, 15) is 10.1 Å². The van der Waals surface area contributed by atoms with Crippen LogP contribution in [-0.2, 0) is 11.3 Å². The highest BCUT2D eigenvalue weighted by Crippen LogP contribution is 2.49. The zero-order valence-corrected chi connectivity index (χ0v) is 19.3. The number of amides is 1. The van der Waals surface area contributed by atoms with Gasteiger partial charge in [-0.2, -0.15) is 10.4 Å². The van der Waals surface area contributed by atoms with Crippen LogP contribution in [0, 0.1) is 11.3 Å². The Kier molecular flexibility index (Phi) is 7.23. The molecule has 8 heteroatoms. The monoisotopic (exact) mass is 457 g/mol. The van der Waals surface area contributed by atoms with Crippen LogP contribution in [0.4, 0.5) is 10.5 Å². The Morgan fingerprint density at radius 3 is 2.85 bits per heavy atom. The van der Waals surface area contributed by atoms with Crippen molar-refractivity contribution in [3.8, 4) is 11.8 Å². The molecule has 0 saturated carbocycles. The third-order valence-electron chi connectivity index (χ3n) is 5.77. The number of fused-ring (bicyclic) bond motifs is 1. The summed E-state index contributed by atoms with van der Waals surface area (Å²) in [6.45, 7) is 5.47. The molecule has 0 radical (unpaired) electrons. The first-order valence-corrected chi connectivity index (χ1v) is 11.4. The molecule has 3 aromatic rings. The SMILES string of the molecule is CCOC(=O)Nc1cccc(C2=C(C#N)c3ccc(OCCCn4cncn4)cc3C2CC)c1. The lowest BCUT2D eigenvalue weighted by atomic mass is 9.88. The number of nitrogens with one attached hydrogen (secondary N) is 1. The smallest absolute Gasteiger partial charge is 0.411 e. The van der Waals surface area contributed by atoms with Crippen LogP contribution in [0.25, 0.3) is 11.1 Å². The molecule has 1 amide bonds. The van der Waals surface area contributed by atoms with Gasteiger partial charge in [-0.3, -0.25) is 10.00 Å². The van der Waals surface area contributed by atoms with Crippen molar-refractivity contribution in [2.45, 2.75) is 39.2 Å². The fourth-order valence-electron chi connectivity index (χ4n) is 4.33. The van der Waals surface area contributed by atoms with Crippen molar-refractivity contribution in [1.29, 1.82) is 5.26 Å². The van der Waals surface area contributed by atoms with Crippen molar-refractivity contribution >= 4 is 22.9 Å². The molecule has 2 aromatic carbocycles. The highest BCUT2D eigenvalue weighted by Gasteiger charge is 2.31. The first-order valence-electron chi connectivity index (χ1n) is 11.4. The number of carbonyl (C=O) groups excluding carboxylic acids is 1. The van der Waals surface area contributed by atoms with Crippen molar-refractivity contribution < 1.29 is 14.3 Å². The Hall–Kier alpha value is -4.12. The quantitative estimate of drug-likeness (QED) is 0.440. The second-order valence-corrected chi connectivity index (χ2v) is 7.90. The summed E-state index contributed by atoms with van der Waals surface area (Å²) >= 11 is 0. The number of anilines is 1. The van der Waals surface area contributed by atoms with E-state index >= 15 is 0 Å². The highest BCUT2D eigenvalue weighted by atomic mass is 16.5. The number of benzene rings is 2. The van der Waals surface area contributed by atoms with Crippen LogP contribution >= 0.6 is 0 Å². The first-order chi connectivity index (χ1) is 16.6. The third kappa shape index (κ3) is 4.94. The van der Waals surface area contributed by atoms with E-state index < -0.39 is 6.09 Å². The normalized spacial score (nSPS) is 14.4. The van der Waals surface area contributed by atoms with Gasteiger partial charge in [0.05, 0.1) is 18.8 Å². The van der Waals surface area contributed by atoms with E-state index in [1.165, 1.54) is 6.33 Å². The molecule has 4 rings (SSSR count). The average molecular weight is 458 g/mol. The van der Waals surface area contributed by atoms with Crippen LogP contribution in [0.15, 0.2) is 55.1 Å². The molecule has 1 aromatic heterocycles. The lowest BCUT2D eigenvalue weighted by Gasteiger charge is -2.17. The molecule has 1 aliphatic rings. The van der Waals surface area contributed by atoms with Gasteiger partial charge in [0.15, 0.2) is 0 Å². The number of hydrogen-bond donors (Lipinski definition) is 1. The minimum absolute atomic E-state index is 0.0567. The molecular weight excluding hydrogens is 430 g/mol. The van der Waals surface area contributed by atoms with E-state index in [1.54, 1.807) is 24.0 Å². The molecule has 174 valence electrons. The fourth-order valence-corrected chi connectivity index (χ4v) is 4.33. The molecule has 1 N–H and O–H groups in total. The van der Waals surface area contributed by atoms with E-state index in [0.717, 1.165) is 47.4 Å². The van der Waals surface area contributed by atoms with Gasteiger partial charge in [0.25, 0.3) is 0 Å². The third-order valence-corrected chi connectivity index (χ3v) is 5.77. The molecule has 1 aliphatic carbocycles. The Bertz CT molecular complexity index is 1230. The van der Waals surface area contributed by atoms with Crippen LogP contribution in [0.5, 0.6) is 5.75 Å². The van der Waals surface area contributed by atoms with Crippen molar-refractivity contribution in [3.05, 3.63) is 71.8 Å². The molecule has 34 heavy (non-hydrogen) atoms. The lowest BCUT2D eigenvalue weighted by Crippen LogP contribution is -2.13. The summed E-state index contributed by atoms with van der Waals surface area (Å²) in [5, 5.41) is 16.9. The Morgan fingerprint density at radius 1 is 1.24 bits per heavy atom. The number of nitrogens with zero attached hydrogens (tertiary/aromatic N) is 4. The van der Waals surface area contributed by atoms with Crippen molar-refractivity contribution in [2.75, 3.05) is 18.5 Å². The van der Waals surface area contributed by atoms with E-state index in [0.29, 0.717) is 24.5 Å². The molecule has 1 unspecified atom stereocenters. The minimum atomic E-state index is -0.499. The van der Waals surface area contributed by atoms with Gasteiger partial charge in [0, 0.05) is 24.6 Å². The van der Waals surface area contributed by atoms with E-state index in [-0.39, 0.29) is 5.92 Å². The molecule has 1 atom stereocenters.